The maximum absolute atomic E-state index is 12.2. The number of hydrogen-bond donors (Lipinski definition) is 3. The van der Waals surface area contributed by atoms with Crippen LogP contribution in [-0.4, -0.2) is 17.7 Å². The molecule has 124 valence electrons. The van der Waals surface area contributed by atoms with Crippen LogP contribution in [0.2, 0.25) is 0 Å². The molecule has 0 aliphatic carbocycles. The maximum Gasteiger partial charge on any atom is 0.319 e. The van der Waals surface area contributed by atoms with Crippen molar-refractivity contribution in [2.45, 2.75) is 12.5 Å². The summed E-state index contributed by atoms with van der Waals surface area (Å²) in [5, 5.41) is 22.5. The van der Waals surface area contributed by atoms with E-state index in [0.29, 0.717) is 0 Å². The quantitative estimate of drug-likeness (QED) is 0.641. The summed E-state index contributed by atoms with van der Waals surface area (Å²) in [5.74, 6) is 0. The van der Waals surface area contributed by atoms with Crippen LogP contribution in [-0.2, 0) is 5.60 Å². The van der Waals surface area contributed by atoms with Crippen molar-refractivity contribution < 1.29 is 9.90 Å². The summed E-state index contributed by atoms with van der Waals surface area (Å²) in [6.07, 6.45) is 0. The van der Waals surface area contributed by atoms with Crippen LogP contribution in [0, 0.1) is 6.92 Å². The van der Waals surface area contributed by atoms with Crippen molar-refractivity contribution in [3.05, 3.63) is 74.6 Å². The lowest BCUT2D eigenvalue weighted by Crippen LogP contribution is -2.42. The molecule has 24 heavy (non-hydrogen) atoms. The van der Waals surface area contributed by atoms with Crippen molar-refractivity contribution in [1.82, 2.24) is 5.32 Å². The number of hydrogen-bond acceptors (Lipinski definition) is 4. The molecule has 1 atom stereocenters. The van der Waals surface area contributed by atoms with Gasteiger partial charge in [0.1, 0.15) is 5.60 Å². The topological polar surface area (TPSA) is 61.4 Å². The SMILES string of the molecule is Cc1cccc(NC(=O)NCC(O)(c2ccsc2)c2cccs2)c1. The van der Waals surface area contributed by atoms with Gasteiger partial charge < -0.3 is 15.7 Å². The summed E-state index contributed by atoms with van der Waals surface area (Å²) in [5.41, 5.74) is 1.35. The molecule has 0 saturated heterocycles. The third kappa shape index (κ3) is 3.67. The molecule has 0 bridgehead atoms. The van der Waals surface area contributed by atoms with Crippen LogP contribution < -0.4 is 10.6 Å². The summed E-state index contributed by atoms with van der Waals surface area (Å²) in [7, 11) is 0. The van der Waals surface area contributed by atoms with Gasteiger partial charge in [0, 0.05) is 16.1 Å². The maximum atomic E-state index is 12.2. The lowest BCUT2D eigenvalue weighted by molar-refractivity contribution is 0.0871. The second kappa shape index (κ2) is 7.17. The molecule has 0 fully saturated rings. The average Bonchev–Trinajstić information content (AvgIpc) is 3.26. The van der Waals surface area contributed by atoms with Crippen molar-refractivity contribution >= 4 is 34.4 Å². The first-order valence-corrected chi connectivity index (χ1v) is 9.31. The van der Waals surface area contributed by atoms with Crippen LogP contribution in [0.4, 0.5) is 10.5 Å². The first-order valence-electron chi connectivity index (χ1n) is 7.48. The van der Waals surface area contributed by atoms with E-state index in [-0.39, 0.29) is 12.6 Å². The van der Waals surface area contributed by atoms with Gasteiger partial charge in [0.05, 0.1) is 6.54 Å². The number of aliphatic hydroxyl groups is 1. The highest BCUT2D eigenvalue weighted by atomic mass is 32.1. The number of benzene rings is 1. The normalized spacial score (nSPS) is 13.2. The molecule has 3 N–H and O–H groups in total. The number of thiophene rings is 2. The van der Waals surface area contributed by atoms with Gasteiger partial charge in [-0.3, -0.25) is 0 Å². The molecule has 2 aromatic heterocycles. The number of aryl methyl sites for hydroxylation is 1. The van der Waals surface area contributed by atoms with Crippen LogP contribution in [0.3, 0.4) is 0 Å². The molecular weight excluding hydrogens is 340 g/mol. The van der Waals surface area contributed by atoms with Gasteiger partial charge in [-0.15, -0.1) is 11.3 Å². The van der Waals surface area contributed by atoms with Crippen LogP contribution in [0.5, 0.6) is 0 Å². The Morgan fingerprint density at radius 1 is 1.21 bits per heavy atom. The Morgan fingerprint density at radius 2 is 2.08 bits per heavy atom. The molecule has 2 heterocycles. The number of carbonyl (C=O) groups excluding carboxylic acids is 1. The molecule has 3 rings (SSSR count). The van der Waals surface area contributed by atoms with Crippen molar-refractivity contribution in [3.63, 3.8) is 0 Å². The highest BCUT2D eigenvalue weighted by Gasteiger charge is 2.33. The van der Waals surface area contributed by atoms with E-state index in [9.17, 15) is 9.90 Å². The minimum absolute atomic E-state index is 0.0991. The summed E-state index contributed by atoms with van der Waals surface area (Å²) in [6, 6.07) is 12.9. The fraction of sp³-hybridized carbons (Fsp3) is 0.167. The summed E-state index contributed by atoms with van der Waals surface area (Å²) in [6.45, 7) is 2.07. The smallest absolute Gasteiger partial charge is 0.319 e. The van der Waals surface area contributed by atoms with Crippen molar-refractivity contribution in [3.8, 4) is 0 Å². The summed E-state index contributed by atoms with van der Waals surface area (Å²) in [4.78, 5) is 13.0. The predicted molar refractivity (Wildman–Crippen MR) is 99.8 cm³/mol. The van der Waals surface area contributed by atoms with Crippen molar-refractivity contribution in [1.29, 1.82) is 0 Å². The van der Waals surface area contributed by atoms with Gasteiger partial charge in [0.2, 0.25) is 0 Å². The Bertz CT molecular complexity index is 764. The van der Waals surface area contributed by atoms with Gasteiger partial charge in [-0.05, 0) is 52.9 Å². The molecule has 0 radical (unpaired) electrons. The van der Waals surface area contributed by atoms with Crippen LogP contribution in [0.1, 0.15) is 16.0 Å². The third-order valence-corrected chi connectivity index (χ3v) is 5.41. The number of anilines is 1. The van der Waals surface area contributed by atoms with E-state index in [0.717, 1.165) is 21.7 Å². The summed E-state index contributed by atoms with van der Waals surface area (Å²) < 4.78 is 0. The Balaban J connectivity index is 1.71. The van der Waals surface area contributed by atoms with Gasteiger partial charge in [0.15, 0.2) is 0 Å². The molecule has 2 amide bonds. The molecule has 0 saturated carbocycles. The molecule has 6 heteroatoms. The monoisotopic (exact) mass is 358 g/mol. The number of urea groups is 1. The second-order valence-electron chi connectivity index (χ2n) is 5.53. The van der Waals surface area contributed by atoms with Gasteiger partial charge in [0.25, 0.3) is 0 Å². The number of carbonyl (C=O) groups is 1. The summed E-state index contributed by atoms with van der Waals surface area (Å²) >= 11 is 2.99. The molecule has 0 aliphatic heterocycles. The Kier molecular flexibility index (Phi) is 4.99. The minimum Gasteiger partial charge on any atom is -0.378 e. The van der Waals surface area contributed by atoms with E-state index in [1.807, 2.05) is 65.5 Å². The van der Waals surface area contributed by atoms with E-state index in [1.54, 1.807) is 0 Å². The molecule has 0 aliphatic rings. The van der Waals surface area contributed by atoms with Crippen LogP contribution in [0.15, 0.2) is 58.6 Å². The zero-order chi connectivity index (χ0) is 17.0. The lowest BCUT2D eigenvalue weighted by Gasteiger charge is -2.27. The molecular formula is C18H18N2O2S2. The molecule has 3 aromatic rings. The number of amides is 2. The van der Waals surface area contributed by atoms with E-state index < -0.39 is 5.60 Å². The zero-order valence-electron chi connectivity index (χ0n) is 13.2. The van der Waals surface area contributed by atoms with Gasteiger partial charge in [-0.1, -0.05) is 18.2 Å². The second-order valence-corrected chi connectivity index (χ2v) is 7.25. The first kappa shape index (κ1) is 16.7. The standard InChI is InChI=1S/C18H18N2O2S2/c1-13-4-2-5-15(10-13)20-17(21)19-12-18(22,14-7-9-23-11-14)16-6-3-8-24-16/h2-11,22H,12H2,1H3,(H2,19,20,21). The van der Waals surface area contributed by atoms with Gasteiger partial charge in [-0.2, -0.15) is 11.3 Å². The fourth-order valence-corrected chi connectivity index (χ4v) is 4.02. The van der Waals surface area contributed by atoms with Gasteiger partial charge >= 0.3 is 6.03 Å². The average molecular weight is 358 g/mol. The van der Waals surface area contributed by atoms with E-state index in [1.165, 1.54) is 22.7 Å². The van der Waals surface area contributed by atoms with Gasteiger partial charge in [-0.25, -0.2) is 4.79 Å². The Labute approximate surface area is 148 Å². The van der Waals surface area contributed by atoms with E-state index in [4.69, 9.17) is 0 Å². The zero-order valence-corrected chi connectivity index (χ0v) is 14.8. The van der Waals surface area contributed by atoms with E-state index >= 15 is 0 Å². The number of rotatable bonds is 5. The van der Waals surface area contributed by atoms with E-state index in [2.05, 4.69) is 10.6 Å². The lowest BCUT2D eigenvalue weighted by atomic mass is 9.94. The Hall–Kier alpha value is -2.15. The predicted octanol–water partition coefficient (Wildman–Crippen LogP) is 4.18. The van der Waals surface area contributed by atoms with Crippen molar-refractivity contribution in [2.24, 2.45) is 0 Å². The third-order valence-electron chi connectivity index (χ3n) is 3.71. The molecule has 4 nitrogen and oxygen atoms in total. The Morgan fingerprint density at radius 3 is 2.75 bits per heavy atom. The van der Waals surface area contributed by atoms with Crippen molar-refractivity contribution in [2.75, 3.05) is 11.9 Å². The molecule has 1 unspecified atom stereocenters. The fourth-order valence-electron chi connectivity index (χ4n) is 2.45. The molecule has 0 spiro atoms. The largest absolute Gasteiger partial charge is 0.378 e. The molecule has 1 aromatic carbocycles. The highest BCUT2D eigenvalue weighted by molar-refractivity contribution is 7.10. The van der Waals surface area contributed by atoms with Crippen LogP contribution in [0.25, 0.3) is 0 Å². The first-order chi connectivity index (χ1) is 11.6. The number of nitrogens with one attached hydrogen (secondary N) is 2. The van der Waals surface area contributed by atoms with Crippen LogP contribution >= 0.6 is 22.7 Å². The highest BCUT2D eigenvalue weighted by Crippen LogP contribution is 2.33. The minimum atomic E-state index is -1.22.